The topological polar surface area (TPSA) is 36.9 Å². The van der Waals surface area contributed by atoms with Gasteiger partial charge in [0.2, 0.25) is 0 Å². The molecule has 0 amide bonds. The third-order valence-electron chi connectivity index (χ3n) is 4.84. The van der Waals surface area contributed by atoms with Crippen LogP contribution in [0, 0.1) is 6.92 Å². The van der Waals surface area contributed by atoms with E-state index >= 15 is 0 Å². The molecule has 1 aliphatic heterocycles. The predicted molar refractivity (Wildman–Crippen MR) is 102 cm³/mol. The molecule has 1 saturated heterocycles. The first-order valence-electron chi connectivity index (χ1n) is 9.10. The highest BCUT2D eigenvalue weighted by molar-refractivity contribution is 5.80. The normalized spacial score (nSPS) is 17.2. The first kappa shape index (κ1) is 18.8. The lowest BCUT2D eigenvalue weighted by Gasteiger charge is -2.35. The fourth-order valence-electron chi connectivity index (χ4n) is 3.27. The number of likely N-dealkylation sites (tertiary alicyclic amines) is 1. The quantitative estimate of drug-likeness (QED) is 0.664. The first-order chi connectivity index (χ1) is 11.5. The van der Waals surface area contributed by atoms with Crippen LogP contribution in [0.15, 0.2) is 29.3 Å². The van der Waals surface area contributed by atoms with Crippen LogP contribution in [-0.4, -0.2) is 50.3 Å². The van der Waals surface area contributed by atoms with Crippen LogP contribution in [0.4, 0.5) is 0 Å². The number of aryl methyl sites for hydroxylation is 1. The monoisotopic (exact) mass is 331 g/mol. The number of hydrogen-bond donors (Lipinski definition) is 1. The summed E-state index contributed by atoms with van der Waals surface area (Å²) in [6.07, 6.45) is 2.57. The van der Waals surface area contributed by atoms with Crippen molar-refractivity contribution in [3.63, 3.8) is 0 Å². The van der Waals surface area contributed by atoms with E-state index in [9.17, 15) is 0 Å². The fourth-order valence-corrected chi connectivity index (χ4v) is 3.27. The van der Waals surface area contributed by atoms with E-state index in [1.807, 2.05) is 7.05 Å². The second kappa shape index (κ2) is 8.52. The number of benzene rings is 1. The summed E-state index contributed by atoms with van der Waals surface area (Å²) < 4.78 is 5.74. The van der Waals surface area contributed by atoms with E-state index in [0.717, 1.165) is 45.0 Å². The summed E-state index contributed by atoms with van der Waals surface area (Å²) in [6.45, 7) is 12.5. The van der Waals surface area contributed by atoms with Crippen molar-refractivity contribution < 1.29 is 4.74 Å². The standard InChI is InChI=1S/C20H33N3O/c1-6-24-18-10-12-23(13-11-18)19(21-5)22-15-20(3,4)17-9-7-8-16(2)14-17/h7-9,14,18H,6,10-13,15H2,1-5H3,(H,21,22). The van der Waals surface area contributed by atoms with Gasteiger partial charge in [0.15, 0.2) is 5.96 Å². The second-order valence-electron chi connectivity index (χ2n) is 7.30. The van der Waals surface area contributed by atoms with E-state index in [1.165, 1.54) is 11.1 Å². The molecule has 0 bridgehead atoms. The van der Waals surface area contributed by atoms with E-state index in [1.54, 1.807) is 0 Å². The van der Waals surface area contributed by atoms with E-state index in [4.69, 9.17) is 4.74 Å². The third kappa shape index (κ3) is 4.97. The summed E-state index contributed by atoms with van der Waals surface area (Å²) in [5.74, 6) is 1.01. The molecular formula is C20H33N3O. The summed E-state index contributed by atoms with van der Waals surface area (Å²) in [5.41, 5.74) is 2.73. The number of piperidine rings is 1. The van der Waals surface area contributed by atoms with Crippen molar-refractivity contribution in [2.24, 2.45) is 4.99 Å². The summed E-state index contributed by atoms with van der Waals surface area (Å²) >= 11 is 0. The maximum atomic E-state index is 5.74. The van der Waals surface area contributed by atoms with Gasteiger partial charge >= 0.3 is 0 Å². The molecule has 0 saturated carbocycles. The number of ether oxygens (including phenoxy) is 1. The van der Waals surface area contributed by atoms with Gasteiger partial charge in [-0.2, -0.15) is 0 Å². The van der Waals surface area contributed by atoms with Crippen molar-refractivity contribution >= 4 is 5.96 Å². The number of rotatable bonds is 5. The molecule has 1 aromatic rings. The molecule has 0 aromatic heterocycles. The lowest BCUT2D eigenvalue weighted by molar-refractivity contribution is 0.0263. The SMILES string of the molecule is CCOC1CCN(C(=NC)NCC(C)(C)c2cccc(C)c2)CC1. The Morgan fingerprint density at radius 1 is 1.33 bits per heavy atom. The maximum absolute atomic E-state index is 5.74. The average molecular weight is 332 g/mol. The van der Waals surface area contributed by atoms with Gasteiger partial charge in [-0.15, -0.1) is 0 Å². The average Bonchev–Trinajstić information content (AvgIpc) is 2.57. The van der Waals surface area contributed by atoms with Crippen LogP contribution in [-0.2, 0) is 10.2 Å². The molecule has 0 atom stereocenters. The molecule has 4 heteroatoms. The molecule has 0 radical (unpaired) electrons. The Labute approximate surface area is 147 Å². The van der Waals surface area contributed by atoms with Crippen molar-refractivity contribution in [3.8, 4) is 0 Å². The zero-order chi connectivity index (χ0) is 17.6. The Bertz CT molecular complexity index is 546. The molecule has 134 valence electrons. The Morgan fingerprint density at radius 2 is 2.04 bits per heavy atom. The Morgan fingerprint density at radius 3 is 2.62 bits per heavy atom. The molecule has 1 aliphatic rings. The van der Waals surface area contributed by atoms with Gasteiger partial charge in [-0.1, -0.05) is 43.7 Å². The van der Waals surface area contributed by atoms with Crippen LogP contribution in [0.25, 0.3) is 0 Å². The molecule has 1 heterocycles. The van der Waals surface area contributed by atoms with E-state index in [2.05, 4.69) is 67.2 Å². The Hall–Kier alpha value is -1.55. The Balaban J connectivity index is 1.92. The van der Waals surface area contributed by atoms with Crippen LogP contribution >= 0.6 is 0 Å². The second-order valence-corrected chi connectivity index (χ2v) is 7.30. The number of nitrogens with one attached hydrogen (secondary N) is 1. The van der Waals surface area contributed by atoms with Crippen LogP contribution in [0.1, 0.15) is 44.7 Å². The summed E-state index contributed by atoms with van der Waals surface area (Å²) in [5, 5.41) is 3.58. The third-order valence-corrected chi connectivity index (χ3v) is 4.84. The highest BCUT2D eigenvalue weighted by Crippen LogP contribution is 2.23. The minimum absolute atomic E-state index is 0.0611. The first-order valence-corrected chi connectivity index (χ1v) is 9.10. The molecule has 0 unspecified atom stereocenters. The molecule has 0 spiro atoms. The number of nitrogens with zero attached hydrogens (tertiary/aromatic N) is 2. The number of guanidine groups is 1. The molecule has 24 heavy (non-hydrogen) atoms. The summed E-state index contributed by atoms with van der Waals surface area (Å²) in [6, 6.07) is 8.78. The van der Waals surface area contributed by atoms with Gasteiger partial charge in [0.1, 0.15) is 0 Å². The van der Waals surface area contributed by atoms with Gasteiger partial charge in [0.05, 0.1) is 6.10 Å². The fraction of sp³-hybridized carbons (Fsp3) is 0.650. The summed E-state index contributed by atoms with van der Waals surface area (Å²) in [7, 11) is 1.87. The van der Waals surface area contributed by atoms with Gasteiger partial charge in [-0.3, -0.25) is 4.99 Å². The summed E-state index contributed by atoms with van der Waals surface area (Å²) in [4.78, 5) is 6.84. The van der Waals surface area contributed by atoms with E-state index in [-0.39, 0.29) is 5.41 Å². The van der Waals surface area contributed by atoms with E-state index < -0.39 is 0 Å². The van der Waals surface area contributed by atoms with Crippen LogP contribution in [0.3, 0.4) is 0 Å². The zero-order valence-electron chi connectivity index (χ0n) is 15.9. The lowest BCUT2D eigenvalue weighted by atomic mass is 9.84. The number of aliphatic imine (C=N–C) groups is 1. The van der Waals surface area contributed by atoms with Crippen LogP contribution < -0.4 is 5.32 Å². The molecule has 2 rings (SSSR count). The molecule has 1 aromatic carbocycles. The molecule has 1 N–H and O–H groups in total. The van der Waals surface area contributed by atoms with Gasteiger partial charge in [0.25, 0.3) is 0 Å². The van der Waals surface area contributed by atoms with E-state index in [0.29, 0.717) is 6.10 Å². The minimum Gasteiger partial charge on any atom is -0.378 e. The van der Waals surface area contributed by atoms with Gasteiger partial charge in [-0.05, 0) is 32.3 Å². The minimum atomic E-state index is 0.0611. The van der Waals surface area contributed by atoms with Crippen molar-refractivity contribution in [2.45, 2.75) is 52.1 Å². The van der Waals surface area contributed by atoms with Crippen LogP contribution in [0.2, 0.25) is 0 Å². The number of hydrogen-bond acceptors (Lipinski definition) is 2. The molecule has 1 fully saturated rings. The molecule has 4 nitrogen and oxygen atoms in total. The largest absolute Gasteiger partial charge is 0.378 e. The van der Waals surface area contributed by atoms with Gasteiger partial charge in [0, 0.05) is 38.7 Å². The van der Waals surface area contributed by atoms with Crippen molar-refractivity contribution in [3.05, 3.63) is 35.4 Å². The zero-order valence-corrected chi connectivity index (χ0v) is 15.9. The Kier molecular flexibility index (Phi) is 6.67. The maximum Gasteiger partial charge on any atom is 0.193 e. The highest BCUT2D eigenvalue weighted by Gasteiger charge is 2.25. The molecule has 0 aliphatic carbocycles. The van der Waals surface area contributed by atoms with Crippen molar-refractivity contribution in [1.82, 2.24) is 10.2 Å². The van der Waals surface area contributed by atoms with Gasteiger partial charge < -0.3 is 15.0 Å². The van der Waals surface area contributed by atoms with Gasteiger partial charge in [-0.25, -0.2) is 0 Å². The van der Waals surface area contributed by atoms with Crippen LogP contribution in [0.5, 0.6) is 0 Å². The predicted octanol–water partition coefficient (Wildman–Crippen LogP) is 3.35. The van der Waals surface area contributed by atoms with Crippen molar-refractivity contribution in [2.75, 3.05) is 33.3 Å². The smallest absolute Gasteiger partial charge is 0.193 e. The van der Waals surface area contributed by atoms with Crippen molar-refractivity contribution in [1.29, 1.82) is 0 Å². The molecular weight excluding hydrogens is 298 g/mol. The lowest BCUT2D eigenvalue weighted by Crippen LogP contribution is -2.49. The highest BCUT2D eigenvalue weighted by atomic mass is 16.5.